The summed E-state index contributed by atoms with van der Waals surface area (Å²) < 4.78 is 0. The summed E-state index contributed by atoms with van der Waals surface area (Å²) in [5, 5.41) is 4.03. The predicted molar refractivity (Wildman–Crippen MR) is 84.6 cm³/mol. The Hall–Kier alpha value is -0.0400. The molecule has 20 heavy (non-hydrogen) atoms. The molecule has 5 aliphatic carbocycles. The first kappa shape index (κ1) is 13.6. The molecule has 0 aromatic rings. The Balaban J connectivity index is 1.42. The van der Waals surface area contributed by atoms with Crippen molar-refractivity contribution in [3.05, 3.63) is 0 Å². The van der Waals surface area contributed by atoms with Crippen molar-refractivity contribution in [3.63, 3.8) is 0 Å². The van der Waals surface area contributed by atoms with Crippen molar-refractivity contribution in [3.8, 4) is 0 Å². The zero-order valence-corrected chi connectivity index (χ0v) is 13.6. The van der Waals surface area contributed by atoms with E-state index in [2.05, 4.69) is 19.2 Å². The second-order valence-corrected chi connectivity index (χ2v) is 9.09. The fourth-order valence-corrected chi connectivity index (χ4v) is 6.63. The Morgan fingerprint density at radius 1 is 1.00 bits per heavy atom. The van der Waals surface area contributed by atoms with E-state index in [9.17, 15) is 0 Å². The highest BCUT2D eigenvalue weighted by Gasteiger charge is 2.53. The van der Waals surface area contributed by atoms with Gasteiger partial charge in [-0.25, -0.2) is 0 Å². The smallest absolute Gasteiger partial charge is 0.00957 e. The molecule has 4 bridgehead atoms. The Morgan fingerprint density at radius 2 is 1.55 bits per heavy atom. The molecule has 0 aromatic carbocycles. The van der Waals surface area contributed by atoms with E-state index in [0.717, 1.165) is 23.8 Å². The average molecular weight is 275 g/mol. The van der Waals surface area contributed by atoms with E-state index in [1.54, 1.807) is 38.5 Å². The van der Waals surface area contributed by atoms with Crippen LogP contribution in [0.15, 0.2) is 0 Å². The minimum absolute atomic E-state index is 0.677. The van der Waals surface area contributed by atoms with Gasteiger partial charge in [0.15, 0.2) is 0 Å². The van der Waals surface area contributed by atoms with Gasteiger partial charge in [0.25, 0.3) is 0 Å². The average Bonchev–Trinajstić information content (AvgIpc) is 2.36. The minimum atomic E-state index is 0.677. The maximum absolute atomic E-state index is 4.03. The van der Waals surface area contributed by atoms with Crippen molar-refractivity contribution in [1.82, 2.24) is 5.32 Å². The van der Waals surface area contributed by atoms with Crippen LogP contribution in [-0.4, -0.2) is 12.6 Å². The van der Waals surface area contributed by atoms with Crippen LogP contribution in [0.2, 0.25) is 0 Å². The monoisotopic (exact) mass is 275 g/mol. The molecule has 1 unspecified atom stereocenters. The van der Waals surface area contributed by atoms with E-state index in [0.29, 0.717) is 10.8 Å². The molecule has 0 amide bonds. The lowest BCUT2D eigenvalue weighted by atomic mass is 9.48. The fourth-order valence-electron chi connectivity index (χ4n) is 6.63. The molecule has 1 atom stereocenters. The van der Waals surface area contributed by atoms with Gasteiger partial charge in [-0.15, -0.1) is 0 Å². The summed E-state index contributed by atoms with van der Waals surface area (Å²) in [6, 6.07) is 0.764. The van der Waals surface area contributed by atoms with E-state index < -0.39 is 0 Å². The Bertz CT molecular complexity index is 327. The fraction of sp³-hybridized carbons (Fsp3) is 1.00. The van der Waals surface area contributed by atoms with Gasteiger partial charge in [0.05, 0.1) is 0 Å². The van der Waals surface area contributed by atoms with Crippen LogP contribution < -0.4 is 5.32 Å². The van der Waals surface area contributed by atoms with Crippen molar-refractivity contribution in [2.45, 2.75) is 84.1 Å². The predicted octanol–water partition coefficient (Wildman–Crippen LogP) is 4.76. The highest BCUT2D eigenvalue weighted by molar-refractivity contribution is 5.05. The third-order valence-electron chi connectivity index (χ3n) is 7.95. The van der Waals surface area contributed by atoms with E-state index in [4.69, 9.17) is 0 Å². The lowest BCUT2D eigenvalue weighted by Gasteiger charge is -2.59. The van der Waals surface area contributed by atoms with E-state index in [1.165, 1.54) is 32.2 Å². The van der Waals surface area contributed by atoms with Crippen LogP contribution in [0, 0.1) is 28.6 Å². The van der Waals surface area contributed by atoms with Crippen molar-refractivity contribution in [1.29, 1.82) is 0 Å². The van der Waals surface area contributed by atoms with Crippen molar-refractivity contribution < 1.29 is 0 Å². The molecule has 1 heteroatoms. The van der Waals surface area contributed by atoms with Gasteiger partial charge in [-0.2, -0.15) is 0 Å². The quantitative estimate of drug-likeness (QED) is 0.762. The third-order valence-corrected chi connectivity index (χ3v) is 7.95. The molecular formula is C19H33N. The first-order valence-corrected chi connectivity index (χ1v) is 9.36. The molecule has 0 spiro atoms. The molecule has 0 aliphatic heterocycles. The summed E-state index contributed by atoms with van der Waals surface area (Å²) in [4.78, 5) is 0. The maximum atomic E-state index is 4.03. The minimum Gasteiger partial charge on any atom is -0.313 e. The second kappa shape index (κ2) is 4.73. The summed E-state index contributed by atoms with van der Waals surface area (Å²) in [6.45, 7) is 6.22. The number of nitrogens with one attached hydrogen (secondary N) is 1. The summed E-state index contributed by atoms with van der Waals surface area (Å²) in [5.74, 6) is 3.28. The van der Waals surface area contributed by atoms with Gasteiger partial charge in [0, 0.05) is 12.6 Å². The van der Waals surface area contributed by atoms with Gasteiger partial charge < -0.3 is 5.32 Å². The number of rotatable bonds is 5. The highest BCUT2D eigenvalue weighted by Crippen LogP contribution is 2.61. The molecule has 0 radical (unpaired) electrons. The first-order valence-electron chi connectivity index (χ1n) is 9.36. The molecular weight excluding hydrogens is 242 g/mol. The topological polar surface area (TPSA) is 12.0 Å². The Morgan fingerprint density at radius 3 is 1.95 bits per heavy atom. The van der Waals surface area contributed by atoms with Crippen LogP contribution in [0.1, 0.15) is 78.1 Å². The molecule has 0 heterocycles. The zero-order chi connectivity index (χ0) is 13.8. The molecule has 0 saturated heterocycles. The normalized spacial score (nSPS) is 46.2. The molecule has 5 aliphatic rings. The molecule has 5 saturated carbocycles. The highest BCUT2D eigenvalue weighted by atomic mass is 14.9. The first-order chi connectivity index (χ1) is 9.63. The Kier molecular flexibility index (Phi) is 3.22. The van der Waals surface area contributed by atoms with Crippen molar-refractivity contribution >= 4 is 0 Å². The van der Waals surface area contributed by atoms with Crippen LogP contribution in [0.5, 0.6) is 0 Å². The SMILES string of the molecule is CCC1(CNC(C)C23CC4CC(CC(C4)C2)C3)CCC1. The molecule has 5 rings (SSSR count). The van der Waals surface area contributed by atoms with Crippen LogP contribution in [0.4, 0.5) is 0 Å². The molecule has 114 valence electrons. The van der Waals surface area contributed by atoms with Gasteiger partial charge in [-0.1, -0.05) is 13.3 Å². The van der Waals surface area contributed by atoms with Gasteiger partial charge in [0.1, 0.15) is 0 Å². The molecule has 1 N–H and O–H groups in total. The summed E-state index contributed by atoms with van der Waals surface area (Å²) in [7, 11) is 0. The molecule has 1 nitrogen and oxygen atoms in total. The zero-order valence-electron chi connectivity index (χ0n) is 13.6. The lowest BCUT2D eigenvalue weighted by Crippen LogP contribution is -2.56. The largest absolute Gasteiger partial charge is 0.313 e. The van der Waals surface area contributed by atoms with Crippen LogP contribution >= 0.6 is 0 Å². The van der Waals surface area contributed by atoms with Crippen molar-refractivity contribution in [2.24, 2.45) is 28.6 Å². The van der Waals surface area contributed by atoms with Crippen molar-refractivity contribution in [2.75, 3.05) is 6.54 Å². The van der Waals surface area contributed by atoms with E-state index >= 15 is 0 Å². The van der Waals surface area contributed by atoms with Gasteiger partial charge in [0.2, 0.25) is 0 Å². The molecule has 5 fully saturated rings. The number of hydrogen-bond donors (Lipinski definition) is 1. The van der Waals surface area contributed by atoms with Gasteiger partial charge in [-0.3, -0.25) is 0 Å². The summed E-state index contributed by atoms with van der Waals surface area (Å²) in [5.41, 5.74) is 1.37. The summed E-state index contributed by atoms with van der Waals surface area (Å²) >= 11 is 0. The Labute approximate surface area is 125 Å². The third kappa shape index (κ3) is 2.07. The number of hydrogen-bond acceptors (Lipinski definition) is 1. The van der Waals surface area contributed by atoms with Gasteiger partial charge >= 0.3 is 0 Å². The second-order valence-electron chi connectivity index (χ2n) is 9.09. The molecule has 0 aromatic heterocycles. The lowest BCUT2D eigenvalue weighted by molar-refractivity contribution is -0.0730. The van der Waals surface area contributed by atoms with Crippen LogP contribution in [0.25, 0.3) is 0 Å². The van der Waals surface area contributed by atoms with Crippen LogP contribution in [-0.2, 0) is 0 Å². The maximum Gasteiger partial charge on any atom is 0.00957 e. The van der Waals surface area contributed by atoms with Crippen LogP contribution in [0.3, 0.4) is 0 Å². The summed E-state index contributed by atoms with van der Waals surface area (Å²) in [6.07, 6.45) is 15.2. The standard InChI is InChI=1S/C19H33N/c1-3-18(5-4-6-18)13-20-14(2)19-10-15-7-16(11-19)9-17(8-15)12-19/h14-17,20H,3-13H2,1-2H3. The van der Waals surface area contributed by atoms with Gasteiger partial charge in [-0.05, 0) is 93.3 Å². The van der Waals surface area contributed by atoms with E-state index in [1.807, 2.05) is 0 Å². The van der Waals surface area contributed by atoms with E-state index in [-0.39, 0.29) is 0 Å².